The number of nitrogens with one attached hydrogen (secondary N) is 3. The van der Waals surface area contributed by atoms with Crippen LogP contribution in [-0.4, -0.2) is 28.3 Å². The summed E-state index contributed by atoms with van der Waals surface area (Å²) in [5.41, 5.74) is 1.41. The summed E-state index contributed by atoms with van der Waals surface area (Å²) >= 11 is 0. The predicted octanol–water partition coefficient (Wildman–Crippen LogP) is 3.40. The van der Waals surface area contributed by atoms with Gasteiger partial charge in [-0.2, -0.15) is 5.26 Å². The van der Waals surface area contributed by atoms with Crippen LogP contribution in [0.5, 0.6) is 5.75 Å². The lowest BCUT2D eigenvalue weighted by Gasteiger charge is -2.13. The standard InChI is InChI=1S/C20H22N4O4/c1-2-3-4-17(25)19(27)22-15-9-10-16(18(26)11-15)24-20(28)23-14-7-5-13(12-21)6-8-14/h5-11,17,25-26H,2-4H2,1H3,(H,22,27)(H2,23,24,28). The van der Waals surface area contributed by atoms with Crippen molar-refractivity contribution in [2.45, 2.75) is 32.3 Å². The van der Waals surface area contributed by atoms with Crippen molar-refractivity contribution in [1.29, 1.82) is 5.26 Å². The van der Waals surface area contributed by atoms with E-state index in [1.54, 1.807) is 24.3 Å². The maximum atomic E-state index is 12.0. The molecule has 3 amide bonds. The molecule has 2 rings (SSSR count). The number of phenols is 1. The maximum absolute atomic E-state index is 12.0. The van der Waals surface area contributed by atoms with Gasteiger partial charge in [-0.15, -0.1) is 0 Å². The highest BCUT2D eigenvalue weighted by Gasteiger charge is 2.15. The number of hydrogen-bond donors (Lipinski definition) is 5. The Morgan fingerprint density at radius 3 is 2.36 bits per heavy atom. The molecule has 8 heteroatoms. The summed E-state index contributed by atoms with van der Waals surface area (Å²) in [6.45, 7) is 1.96. The molecule has 0 saturated heterocycles. The lowest BCUT2D eigenvalue weighted by molar-refractivity contribution is -0.124. The molecule has 1 atom stereocenters. The van der Waals surface area contributed by atoms with Gasteiger partial charge in [-0.05, 0) is 42.8 Å². The molecule has 0 spiro atoms. The molecule has 0 aliphatic rings. The molecule has 2 aromatic rings. The van der Waals surface area contributed by atoms with Crippen molar-refractivity contribution >= 4 is 29.0 Å². The minimum Gasteiger partial charge on any atom is -0.506 e. The van der Waals surface area contributed by atoms with Crippen molar-refractivity contribution in [3.8, 4) is 11.8 Å². The van der Waals surface area contributed by atoms with Crippen LogP contribution in [0.1, 0.15) is 31.7 Å². The minimum atomic E-state index is -1.11. The van der Waals surface area contributed by atoms with Gasteiger partial charge in [0.25, 0.3) is 5.91 Å². The molecule has 28 heavy (non-hydrogen) atoms. The average Bonchev–Trinajstić information content (AvgIpc) is 2.68. The first kappa shape index (κ1) is 20.7. The zero-order valence-corrected chi connectivity index (χ0v) is 15.4. The van der Waals surface area contributed by atoms with Crippen LogP contribution >= 0.6 is 0 Å². The molecule has 0 aliphatic carbocycles. The highest BCUT2D eigenvalue weighted by molar-refractivity contribution is 6.01. The molecule has 0 aliphatic heterocycles. The topological polar surface area (TPSA) is 134 Å². The number of nitrogens with zero attached hydrogens (tertiary/aromatic N) is 1. The van der Waals surface area contributed by atoms with Crippen LogP contribution in [0.25, 0.3) is 0 Å². The molecule has 2 aromatic carbocycles. The van der Waals surface area contributed by atoms with Crippen molar-refractivity contribution in [3.63, 3.8) is 0 Å². The molecule has 1 unspecified atom stereocenters. The summed E-state index contributed by atoms with van der Waals surface area (Å²) in [4.78, 5) is 23.9. The molecule has 5 N–H and O–H groups in total. The van der Waals surface area contributed by atoms with Crippen LogP contribution in [0.2, 0.25) is 0 Å². The highest BCUT2D eigenvalue weighted by atomic mass is 16.3. The summed E-state index contributed by atoms with van der Waals surface area (Å²) in [5.74, 6) is -0.789. The van der Waals surface area contributed by atoms with Crippen molar-refractivity contribution in [2.24, 2.45) is 0 Å². The summed E-state index contributed by atoms with van der Waals surface area (Å²) in [7, 11) is 0. The molecular weight excluding hydrogens is 360 g/mol. The lowest BCUT2D eigenvalue weighted by atomic mass is 10.1. The number of aliphatic hydroxyl groups excluding tert-OH is 1. The summed E-state index contributed by atoms with van der Waals surface area (Å²) in [5, 5.41) is 36.2. The van der Waals surface area contributed by atoms with Gasteiger partial charge in [0.2, 0.25) is 0 Å². The average molecular weight is 382 g/mol. The van der Waals surface area contributed by atoms with Gasteiger partial charge in [0, 0.05) is 17.4 Å². The SMILES string of the molecule is CCCCC(O)C(=O)Nc1ccc(NC(=O)Nc2ccc(C#N)cc2)c(O)c1. The number of benzene rings is 2. The number of carbonyl (C=O) groups excluding carboxylic acids is 2. The van der Waals surface area contributed by atoms with Crippen molar-refractivity contribution in [1.82, 2.24) is 0 Å². The first-order valence-corrected chi connectivity index (χ1v) is 8.83. The van der Waals surface area contributed by atoms with E-state index in [0.717, 1.165) is 12.8 Å². The lowest BCUT2D eigenvalue weighted by Crippen LogP contribution is -2.27. The number of urea groups is 1. The number of nitriles is 1. The van der Waals surface area contributed by atoms with E-state index >= 15 is 0 Å². The van der Waals surface area contributed by atoms with Crippen LogP contribution in [0.3, 0.4) is 0 Å². The Balaban J connectivity index is 1.94. The fourth-order valence-electron chi connectivity index (χ4n) is 2.38. The third-order valence-electron chi connectivity index (χ3n) is 3.92. The van der Waals surface area contributed by atoms with Crippen molar-refractivity contribution < 1.29 is 19.8 Å². The quantitative estimate of drug-likeness (QED) is 0.468. The van der Waals surface area contributed by atoms with E-state index in [0.29, 0.717) is 23.4 Å². The van der Waals surface area contributed by atoms with Gasteiger partial charge >= 0.3 is 6.03 Å². The second-order valence-electron chi connectivity index (χ2n) is 6.15. The number of rotatable bonds is 7. The van der Waals surface area contributed by atoms with Gasteiger partial charge in [0.15, 0.2) is 0 Å². The molecular formula is C20H22N4O4. The van der Waals surface area contributed by atoms with Crippen LogP contribution < -0.4 is 16.0 Å². The van der Waals surface area contributed by atoms with E-state index in [1.807, 2.05) is 13.0 Å². The molecule has 0 radical (unpaired) electrons. The molecule has 0 bridgehead atoms. The summed E-state index contributed by atoms with van der Waals surface area (Å²) in [6.07, 6.45) is 0.856. The van der Waals surface area contributed by atoms with Gasteiger partial charge in [-0.1, -0.05) is 19.8 Å². The van der Waals surface area contributed by atoms with E-state index in [2.05, 4.69) is 16.0 Å². The number of aromatic hydroxyl groups is 1. The fraction of sp³-hybridized carbons (Fsp3) is 0.250. The highest BCUT2D eigenvalue weighted by Crippen LogP contribution is 2.27. The number of anilines is 3. The van der Waals surface area contributed by atoms with Crippen LogP contribution in [-0.2, 0) is 4.79 Å². The van der Waals surface area contributed by atoms with E-state index in [-0.39, 0.29) is 11.4 Å². The normalized spacial score (nSPS) is 11.2. The Morgan fingerprint density at radius 1 is 1.07 bits per heavy atom. The number of phenolic OH excluding ortho intramolecular Hbond substituents is 1. The molecule has 0 aromatic heterocycles. The largest absolute Gasteiger partial charge is 0.506 e. The predicted molar refractivity (Wildman–Crippen MR) is 106 cm³/mol. The van der Waals surface area contributed by atoms with E-state index in [9.17, 15) is 19.8 Å². The molecule has 0 fully saturated rings. The van der Waals surface area contributed by atoms with Crippen LogP contribution in [0, 0.1) is 11.3 Å². The first-order chi connectivity index (χ1) is 13.4. The van der Waals surface area contributed by atoms with E-state index in [4.69, 9.17) is 5.26 Å². The van der Waals surface area contributed by atoms with Gasteiger partial charge in [-0.3, -0.25) is 4.79 Å². The third-order valence-corrected chi connectivity index (χ3v) is 3.92. The van der Waals surface area contributed by atoms with E-state index < -0.39 is 18.0 Å². The second kappa shape index (κ2) is 9.94. The van der Waals surface area contributed by atoms with Gasteiger partial charge in [-0.25, -0.2) is 4.79 Å². The number of amides is 3. The number of unbranched alkanes of at least 4 members (excludes halogenated alkanes) is 1. The first-order valence-electron chi connectivity index (χ1n) is 8.83. The van der Waals surface area contributed by atoms with Gasteiger partial charge in [0.05, 0.1) is 17.3 Å². The molecule has 146 valence electrons. The Kier molecular flexibility index (Phi) is 7.37. The zero-order valence-electron chi connectivity index (χ0n) is 15.4. The Hall–Kier alpha value is -3.57. The minimum absolute atomic E-state index is 0.149. The summed E-state index contributed by atoms with van der Waals surface area (Å²) < 4.78 is 0. The van der Waals surface area contributed by atoms with Gasteiger partial charge < -0.3 is 26.2 Å². The molecule has 8 nitrogen and oxygen atoms in total. The van der Waals surface area contributed by atoms with Crippen molar-refractivity contribution in [2.75, 3.05) is 16.0 Å². The van der Waals surface area contributed by atoms with Crippen LogP contribution in [0.15, 0.2) is 42.5 Å². The monoisotopic (exact) mass is 382 g/mol. The number of carbonyl (C=O) groups is 2. The smallest absolute Gasteiger partial charge is 0.323 e. The zero-order chi connectivity index (χ0) is 20.5. The van der Waals surface area contributed by atoms with Gasteiger partial charge in [0.1, 0.15) is 11.9 Å². The Labute approximate surface area is 162 Å². The maximum Gasteiger partial charge on any atom is 0.323 e. The summed E-state index contributed by atoms with van der Waals surface area (Å²) in [6, 6.07) is 11.9. The molecule has 0 heterocycles. The molecule has 0 saturated carbocycles. The second-order valence-corrected chi connectivity index (χ2v) is 6.15. The van der Waals surface area contributed by atoms with Crippen molar-refractivity contribution in [3.05, 3.63) is 48.0 Å². The third kappa shape index (κ3) is 6.00. The fourth-order valence-corrected chi connectivity index (χ4v) is 2.38. The Morgan fingerprint density at radius 2 is 1.75 bits per heavy atom. The number of aliphatic hydroxyl groups is 1. The van der Waals surface area contributed by atoms with Crippen LogP contribution in [0.4, 0.5) is 21.9 Å². The number of hydrogen-bond acceptors (Lipinski definition) is 5. The van der Waals surface area contributed by atoms with E-state index in [1.165, 1.54) is 18.2 Å². The Bertz CT molecular complexity index is 875.